The Hall–Kier alpha value is -2.29. The lowest BCUT2D eigenvalue weighted by Gasteiger charge is -2.07. The van der Waals surface area contributed by atoms with E-state index in [4.69, 9.17) is 4.74 Å². The van der Waals surface area contributed by atoms with Crippen LogP contribution in [0.3, 0.4) is 0 Å². The van der Waals surface area contributed by atoms with Gasteiger partial charge in [-0.1, -0.05) is 18.2 Å². The third-order valence-corrected chi connectivity index (χ3v) is 2.99. The number of nitrogens with zero attached hydrogens (tertiary/aromatic N) is 2. The van der Waals surface area contributed by atoms with E-state index >= 15 is 0 Å². The van der Waals surface area contributed by atoms with Crippen molar-refractivity contribution in [3.05, 3.63) is 48.6 Å². The van der Waals surface area contributed by atoms with Crippen molar-refractivity contribution in [1.82, 2.24) is 9.38 Å². The highest BCUT2D eigenvalue weighted by atomic mass is 16.5. The van der Waals surface area contributed by atoms with Gasteiger partial charge in [-0.15, -0.1) is 0 Å². The van der Waals surface area contributed by atoms with Crippen LogP contribution >= 0.6 is 0 Å². The van der Waals surface area contributed by atoms with Crippen molar-refractivity contribution in [2.75, 3.05) is 0 Å². The molecule has 0 fully saturated rings. The second-order valence-corrected chi connectivity index (χ2v) is 3.83. The Bertz CT molecular complexity index is 740. The van der Waals surface area contributed by atoms with E-state index in [2.05, 4.69) is 27.6 Å². The molecule has 3 heteroatoms. The van der Waals surface area contributed by atoms with Crippen LogP contribution in [0.5, 0.6) is 5.75 Å². The van der Waals surface area contributed by atoms with E-state index in [1.807, 2.05) is 18.5 Å². The van der Waals surface area contributed by atoms with E-state index in [-0.39, 0.29) is 0 Å². The van der Waals surface area contributed by atoms with Crippen LogP contribution in [0, 0.1) is 0 Å². The summed E-state index contributed by atoms with van der Waals surface area (Å²) in [5.41, 5.74) is 3.47. The molecule has 16 heavy (non-hydrogen) atoms. The highest BCUT2D eigenvalue weighted by Gasteiger charge is 2.16. The van der Waals surface area contributed by atoms with Gasteiger partial charge in [0.2, 0.25) is 0 Å². The first-order valence-electron chi connectivity index (χ1n) is 5.15. The number of hydrogen-bond donors (Lipinski definition) is 0. The summed E-state index contributed by atoms with van der Waals surface area (Å²) in [6.45, 7) is 0. The molecule has 0 aliphatic carbocycles. The van der Waals surface area contributed by atoms with Crippen molar-refractivity contribution in [3.8, 4) is 5.75 Å². The van der Waals surface area contributed by atoms with Crippen LogP contribution in [-0.4, -0.2) is 9.38 Å². The summed E-state index contributed by atoms with van der Waals surface area (Å²) >= 11 is 0. The third-order valence-electron chi connectivity index (χ3n) is 2.99. The first-order chi connectivity index (χ1) is 7.95. The fraction of sp³-hybridized carbons (Fsp3) is 0. The van der Waals surface area contributed by atoms with Crippen molar-refractivity contribution in [2.45, 2.75) is 0 Å². The Morgan fingerprint density at radius 3 is 3.12 bits per heavy atom. The maximum Gasteiger partial charge on any atom is 0.169 e. The maximum absolute atomic E-state index is 5.46. The Morgan fingerprint density at radius 1 is 1.19 bits per heavy atom. The molecule has 3 nitrogen and oxygen atoms in total. The van der Waals surface area contributed by atoms with E-state index in [9.17, 15) is 0 Å². The van der Waals surface area contributed by atoms with Gasteiger partial charge in [0.25, 0.3) is 0 Å². The first-order valence-corrected chi connectivity index (χ1v) is 5.15. The van der Waals surface area contributed by atoms with Gasteiger partial charge in [-0.3, -0.25) is 4.40 Å². The minimum Gasteiger partial charge on any atom is -0.461 e. The minimum absolute atomic E-state index is 0.816. The molecule has 0 amide bonds. The van der Waals surface area contributed by atoms with Gasteiger partial charge in [0.05, 0.1) is 29.8 Å². The number of fused-ring (bicyclic) bond motifs is 3. The molecule has 1 aromatic carbocycles. The largest absolute Gasteiger partial charge is 0.461 e. The molecular formula is C13H8N2O. The van der Waals surface area contributed by atoms with E-state index in [1.165, 1.54) is 10.9 Å². The first kappa shape index (κ1) is 7.93. The lowest BCUT2D eigenvalue weighted by Crippen LogP contribution is -1.94. The number of benzene rings is 1. The van der Waals surface area contributed by atoms with Crippen LogP contribution in [0.1, 0.15) is 5.56 Å². The van der Waals surface area contributed by atoms with Crippen molar-refractivity contribution in [2.24, 2.45) is 0 Å². The molecule has 2 aromatic heterocycles. The predicted molar refractivity (Wildman–Crippen MR) is 62.4 cm³/mol. The number of hydrogen-bond acceptors (Lipinski definition) is 2. The summed E-state index contributed by atoms with van der Waals surface area (Å²) in [6.07, 6.45) is 7.30. The molecule has 0 unspecified atom stereocenters. The Morgan fingerprint density at radius 2 is 2.12 bits per heavy atom. The van der Waals surface area contributed by atoms with Gasteiger partial charge in [0.1, 0.15) is 0 Å². The molecule has 4 rings (SSSR count). The van der Waals surface area contributed by atoms with E-state index < -0.39 is 0 Å². The second kappa shape index (κ2) is 2.64. The van der Waals surface area contributed by atoms with Crippen LogP contribution < -0.4 is 4.74 Å². The summed E-state index contributed by atoms with van der Waals surface area (Å²) < 4.78 is 7.53. The molecule has 0 atom stereocenters. The molecule has 1 aliphatic heterocycles. The quantitative estimate of drug-likeness (QED) is 0.568. The van der Waals surface area contributed by atoms with E-state index in [0.29, 0.717) is 0 Å². The second-order valence-electron chi connectivity index (χ2n) is 3.83. The zero-order valence-corrected chi connectivity index (χ0v) is 8.42. The normalized spacial score (nSPS) is 13.2. The van der Waals surface area contributed by atoms with Gasteiger partial charge >= 0.3 is 0 Å². The average Bonchev–Trinajstić information content (AvgIpc) is 2.68. The SMILES string of the molecule is C1=Cc2c3ccccc3n3cncc(c23)O1. The number of aromatic nitrogens is 2. The number of para-hydroxylation sites is 1. The highest BCUT2D eigenvalue weighted by Crippen LogP contribution is 2.35. The van der Waals surface area contributed by atoms with Crippen molar-refractivity contribution >= 4 is 22.5 Å². The van der Waals surface area contributed by atoms with Gasteiger partial charge in [-0.2, -0.15) is 0 Å². The number of rotatable bonds is 0. The summed E-state index contributed by atoms with van der Waals surface area (Å²) in [5.74, 6) is 0.816. The topological polar surface area (TPSA) is 26.5 Å². The highest BCUT2D eigenvalue weighted by molar-refractivity contribution is 6.00. The molecule has 3 aromatic rings. The summed E-state index contributed by atoms with van der Waals surface area (Å²) in [6, 6.07) is 8.30. The Labute approximate surface area is 91.6 Å². The third kappa shape index (κ3) is 0.810. The molecule has 0 radical (unpaired) electrons. The van der Waals surface area contributed by atoms with Gasteiger partial charge in [-0.25, -0.2) is 4.98 Å². The van der Waals surface area contributed by atoms with Crippen molar-refractivity contribution in [1.29, 1.82) is 0 Å². The molecular weight excluding hydrogens is 200 g/mol. The van der Waals surface area contributed by atoms with Crippen LogP contribution in [0.25, 0.3) is 22.5 Å². The molecule has 0 N–H and O–H groups in total. The zero-order chi connectivity index (χ0) is 10.5. The Balaban J connectivity index is 2.40. The lowest BCUT2D eigenvalue weighted by molar-refractivity contribution is 0.483. The summed E-state index contributed by atoms with van der Waals surface area (Å²) in [5, 5.41) is 1.23. The Kier molecular flexibility index (Phi) is 1.31. The van der Waals surface area contributed by atoms with Gasteiger partial charge < -0.3 is 4.74 Å². The average molecular weight is 208 g/mol. The molecule has 0 saturated carbocycles. The van der Waals surface area contributed by atoms with Crippen molar-refractivity contribution < 1.29 is 4.74 Å². The van der Waals surface area contributed by atoms with Gasteiger partial charge in [0, 0.05) is 10.9 Å². The fourth-order valence-electron chi connectivity index (χ4n) is 2.32. The van der Waals surface area contributed by atoms with E-state index in [1.54, 1.807) is 12.5 Å². The smallest absolute Gasteiger partial charge is 0.169 e. The zero-order valence-electron chi connectivity index (χ0n) is 8.42. The molecule has 0 spiro atoms. The van der Waals surface area contributed by atoms with Gasteiger partial charge in [-0.05, 0) is 12.1 Å². The monoisotopic (exact) mass is 208 g/mol. The molecule has 1 aliphatic rings. The molecule has 3 heterocycles. The maximum atomic E-state index is 5.46. The fourth-order valence-corrected chi connectivity index (χ4v) is 2.32. The standard InChI is InChI=1S/C13H8N2O/c1-2-4-11-9(3-1)10-5-6-16-12-7-14-8-15(11)13(10)12/h1-8H. The molecule has 76 valence electrons. The van der Waals surface area contributed by atoms with Gasteiger partial charge in [0.15, 0.2) is 5.75 Å². The van der Waals surface area contributed by atoms with Crippen LogP contribution in [0.2, 0.25) is 0 Å². The minimum atomic E-state index is 0.816. The van der Waals surface area contributed by atoms with Crippen molar-refractivity contribution in [3.63, 3.8) is 0 Å². The lowest BCUT2D eigenvalue weighted by atomic mass is 10.1. The molecule has 0 bridgehead atoms. The van der Waals surface area contributed by atoms with E-state index in [0.717, 1.165) is 16.8 Å². The van der Waals surface area contributed by atoms with Crippen LogP contribution in [0.15, 0.2) is 43.1 Å². The summed E-state index contributed by atoms with van der Waals surface area (Å²) in [4.78, 5) is 4.19. The predicted octanol–water partition coefficient (Wildman–Crippen LogP) is 2.85. The van der Waals surface area contributed by atoms with Crippen LogP contribution in [-0.2, 0) is 0 Å². The summed E-state index contributed by atoms with van der Waals surface area (Å²) in [7, 11) is 0. The van der Waals surface area contributed by atoms with Crippen LogP contribution in [0.4, 0.5) is 0 Å². The number of ether oxygens (including phenoxy) is 1. The molecule has 0 saturated heterocycles.